The van der Waals surface area contributed by atoms with E-state index in [1.165, 1.54) is 49.7 Å². The van der Waals surface area contributed by atoms with Gasteiger partial charge in [0.2, 0.25) is 0 Å². The van der Waals surface area contributed by atoms with Crippen LogP contribution in [0.2, 0.25) is 0 Å². The molecule has 5 heteroatoms. The van der Waals surface area contributed by atoms with Crippen LogP contribution in [-0.4, -0.2) is 52.9 Å². The maximum Gasteiger partial charge on any atom is 0.119 e. The van der Waals surface area contributed by atoms with Gasteiger partial charge in [0.05, 0.1) is 52.9 Å². The normalized spacial score (nSPS) is 11.1. The van der Waals surface area contributed by atoms with Gasteiger partial charge in [-0.05, 0) is 36.1 Å². The zero-order valence-corrected chi connectivity index (χ0v) is 21.1. The quantitative estimate of drug-likeness (QED) is 0.190. The summed E-state index contributed by atoms with van der Waals surface area (Å²) in [7, 11) is 0. The summed E-state index contributed by atoms with van der Waals surface area (Å²) in [5, 5.41) is 0. The minimum absolute atomic E-state index is 0.545. The first-order valence-electron chi connectivity index (χ1n) is 12.9. The second-order valence-corrected chi connectivity index (χ2v) is 8.39. The van der Waals surface area contributed by atoms with Crippen LogP contribution in [0.4, 0.5) is 0 Å². The lowest BCUT2D eigenvalue weighted by molar-refractivity contribution is -0.00659. The van der Waals surface area contributed by atoms with Crippen LogP contribution < -0.4 is 4.74 Å². The van der Waals surface area contributed by atoms with Gasteiger partial charge in [0, 0.05) is 0 Å². The van der Waals surface area contributed by atoms with Crippen molar-refractivity contribution in [1.29, 1.82) is 0 Å². The van der Waals surface area contributed by atoms with Crippen LogP contribution in [0.5, 0.6) is 5.75 Å². The Bertz CT molecular complexity index is 689. The molecule has 5 nitrogen and oxygen atoms in total. The Morgan fingerprint density at radius 2 is 1.06 bits per heavy atom. The smallest absolute Gasteiger partial charge is 0.119 e. The molecular formula is C29H44O5. The van der Waals surface area contributed by atoms with Crippen LogP contribution in [0.1, 0.15) is 56.6 Å². The van der Waals surface area contributed by atoms with E-state index >= 15 is 0 Å². The first-order valence-corrected chi connectivity index (χ1v) is 12.9. The number of benzene rings is 2. The molecule has 2 aromatic rings. The molecule has 2 aromatic carbocycles. The predicted molar refractivity (Wildman–Crippen MR) is 138 cm³/mol. The summed E-state index contributed by atoms with van der Waals surface area (Å²) in [5.41, 5.74) is 2.56. The van der Waals surface area contributed by atoms with Gasteiger partial charge in [-0.25, -0.2) is 0 Å². The highest BCUT2D eigenvalue weighted by Crippen LogP contribution is 2.15. The van der Waals surface area contributed by atoms with Gasteiger partial charge >= 0.3 is 0 Å². The summed E-state index contributed by atoms with van der Waals surface area (Å²) in [6.45, 7) is 7.37. The Balaban J connectivity index is 1.32. The molecule has 0 amide bonds. The molecule has 0 bridgehead atoms. The van der Waals surface area contributed by atoms with Gasteiger partial charge in [-0.2, -0.15) is 0 Å². The molecule has 0 aromatic heterocycles. The summed E-state index contributed by atoms with van der Waals surface area (Å²) in [6.07, 6.45) is 9.16. The number of ether oxygens (including phenoxy) is 5. The lowest BCUT2D eigenvalue weighted by Gasteiger charge is -2.09. The molecule has 0 aliphatic carbocycles. The van der Waals surface area contributed by atoms with Crippen molar-refractivity contribution in [3.63, 3.8) is 0 Å². The number of unbranched alkanes of at least 4 members (excludes halogenated alkanes) is 5. The van der Waals surface area contributed by atoms with E-state index in [0.717, 1.165) is 12.2 Å². The van der Waals surface area contributed by atoms with E-state index in [1.807, 2.05) is 18.2 Å². The third-order valence-electron chi connectivity index (χ3n) is 5.47. The number of aryl methyl sites for hydroxylation is 1. The van der Waals surface area contributed by atoms with Crippen LogP contribution in [0, 0.1) is 0 Å². The summed E-state index contributed by atoms with van der Waals surface area (Å²) < 4.78 is 27.9. The van der Waals surface area contributed by atoms with E-state index in [9.17, 15) is 0 Å². The average molecular weight is 473 g/mol. The predicted octanol–water partition coefficient (Wildman–Crippen LogP) is 6.24. The summed E-state index contributed by atoms with van der Waals surface area (Å²) in [6, 6.07) is 18.6. The second-order valence-electron chi connectivity index (χ2n) is 8.39. The zero-order valence-electron chi connectivity index (χ0n) is 21.1. The molecule has 34 heavy (non-hydrogen) atoms. The first-order chi connectivity index (χ1) is 16.9. The topological polar surface area (TPSA) is 46.2 Å². The highest BCUT2D eigenvalue weighted by molar-refractivity contribution is 5.27. The van der Waals surface area contributed by atoms with Crippen molar-refractivity contribution >= 4 is 0 Å². The van der Waals surface area contributed by atoms with E-state index < -0.39 is 0 Å². The Hall–Kier alpha value is -1.92. The summed E-state index contributed by atoms with van der Waals surface area (Å²) in [4.78, 5) is 0. The molecule has 0 atom stereocenters. The molecule has 0 saturated heterocycles. The fourth-order valence-corrected chi connectivity index (χ4v) is 3.50. The monoisotopic (exact) mass is 472 g/mol. The van der Waals surface area contributed by atoms with Gasteiger partial charge in [-0.15, -0.1) is 0 Å². The van der Waals surface area contributed by atoms with Crippen molar-refractivity contribution in [2.45, 2.75) is 58.5 Å². The minimum atomic E-state index is 0.545. The van der Waals surface area contributed by atoms with Crippen molar-refractivity contribution in [2.24, 2.45) is 0 Å². The number of rotatable bonds is 22. The Morgan fingerprint density at radius 1 is 0.500 bits per heavy atom. The number of hydrogen-bond donors (Lipinski definition) is 0. The van der Waals surface area contributed by atoms with Crippen LogP contribution >= 0.6 is 0 Å². The van der Waals surface area contributed by atoms with Crippen molar-refractivity contribution in [3.8, 4) is 5.75 Å². The lowest BCUT2D eigenvalue weighted by Crippen LogP contribution is -2.13. The zero-order chi connectivity index (χ0) is 23.9. The van der Waals surface area contributed by atoms with Crippen LogP contribution in [0.25, 0.3) is 0 Å². The van der Waals surface area contributed by atoms with Crippen LogP contribution in [0.3, 0.4) is 0 Å². The lowest BCUT2D eigenvalue weighted by atomic mass is 10.0. The van der Waals surface area contributed by atoms with Gasteiger partial charge in [0.15, 0.2) is 0 Å². The second kappa shape index (κ2) is 20.5. The highest BCUT2D eigenvalue weighted by Gasteiger charge is 1.98. The van der Waals surface area contributed by atoms with E-state index in [0.29, 0.717) is 59.5 Å². The average Bonchev–Trinajstić information content (AvgIpc) is 2.87. The molecule has 0 saturated carbocycles. The van der Waals surface area contributed by atoms with Crippen molar-refractivity contribution in [1.82, 2.24) is 0 Å². The molecule has 0 N–H and O–H groups in total. The van der Waals surface area contributed by atoms with Gasteiger partial charge < -0.3 is 23.7 Å². The molecule has 0 unspecified atom stereocenters. The maximum atomic E-state index is 5.75. The van der Waals surface area contributed by atoms with E-state index in [2.05, 4.69) is 43.3 Å². The largest absolute Gasteiger partial charge is 0.491 e. The van der Waals surface area contributed by atoms with Gasteiger partial charge in [0.1, 0.15) is 12.4 Å². The van der Waals surface area contributed by atoms with Crippen molar-refractivity contribution in [3.05, 3.63) is 65.7 Å². The molecular weight excluding hydrogens is 428 g/mol. The Labute approximate surface area is 206 Å². The van der Waals surface area contributed by atoms with E-state index in [-0.39, 0.29) is 0 Å². The third-order valence-corrected chi connectivity index (χ3v) is 5.47. The Morgan fingerprint density at radius 3 is 1.71 bits per heavy atom. The van der Waals surface area contributed by atoms with Gasteiger partial charge in [0.25, 0.3) is 0 Å². The van der Waals surface area contributed by atoms with Crippen LogP contribution in [-0.2, 0) is 32.0 Å². The highest BCUT2D eigenvalue weighted by atomic mass is 16.6. The van der Waals surface area contributed by atoms with Crippen molar-refractivity contribution < 1.29 is 23.7 Å². The van der Waals surface area contributed by atoms with Crippen molar-refractivity contribution in [2.75, 3.05) is 52.9 Å². The van der Waals surface area contributed by atoms with E-state index in [1.54, 1.807) is 0 Å². The standard InChI is InChI=1S/C29H44O5/c1-2-3-4-5-6-8-11-27-14-16-29(17-15-27)34-25-24-32-21-20-30-18-19-31-22-23-33-26-28-12-9-7-10-13-28/h7,9-10,12-17H,2-6,8,11,18-26H2,1H3. The molecule has 0 spiro atoms. The fourth-order valence-electron chi connectivity index (χ4n) is 3.50. The molecule has 190 valence electrons. The van der Waals surface area contributed by atoms with E-state index in [4.69, 9.17) is 23.7 Å². The molecule has 0 aliphatic rings. The van der Waals surface area contributed by atoms with Crippen LogP contribution in [0.15, 0.2) is 54.6 Å². The first kappa shape index (κ1) is 28.3. The Kier molecular flexibility index (Phi) is 17.0. The minimum Gasteiger partial charge on any atom is -0.491 e. The SMILES string of the molecule is CCCCCCCCc1ccc(OCCOCCOCCOCCOCc2ccccc2)cc1. The molecule has 0 fully saturated rings. The molecule has 2 rings (SSSR count). The molecule has 0 aliphatic heterocycles. The summed E-state index contributed by atoms with van der Waals surface area (Å²) in [5.74, 6) is 0.899. The summed E-state index contributed by atoms with van der Waals surface area (Å²) >= 11 is 0. The fraction of sp³-hybridized carbons (Fsp3) is 0.586. The molecule has 0 heterocycles. The number of hydrogen-bond acceptors (Lipinski definition) is 5. The maximum absolute atomic E-state index is 5.75. The van der Waals surface area contributed by atoms with Gasteiger partial charge in [-0.3, -0.25) is 0 Å². The van der Waals surface area contributed by atoms with Gasteiger partial charge in [-0.1, -0.05) is 81.5 Å². The third kappa shape index (κ3) is 15.1. The molecule has 0 radical (unpaired) electrons.